The van der Waals surface area contributed by atoms with Crippen LogP contribution in [-0.4, -0.2) is 17.2 Å². The van der Waals surface area contributed by atoms with Gasteiger partial charge >= 0.3 is 6.03 Å². The Bertz CT molecular complexity index is 751. The summed E-state index contributed by atoms with van der Waals surface area (Å²) in [5.41, 5.74) is 5.44. The monoisotopic (exact) mass is 312 g/mol. The third-order valence-corrected chi connectivity index (χ3v) is 3.18. The predicted molar refractivity (Wildman–Crippen MR) is 88.8 cm³/mol. The summed E-state index contributed by atoms with van der Waals surface area (Å²) < 4.78 is 0. The quantitative estimate of drug-likeness (QED) is 0.514. The first-order valence-corrected chi connectivity index (χ1v) is 6.88. The molecule has 0 aromatic heterocycles. The summed E-state index contributed by atoms with van der Waals surface area (Å²) in [6, 6.07) is 11.2. The van der Waals surface area contributed by atoms with Crippen LogP contribution in [0.4, 0.5) is 16.2 Å². The summed E-state index contributed by atoms with van der Waals surface area (Å²) >= 11 is 0. The van der Waals surface area contributed by atoms with Gasteiger partial charge in [0.2, 0.25) is 0 Å². The van der Waals surface area contributed by atoms with Gasteiger partial charge in [-0.05, 0) is 25.0 Å². The molecule has 0 saturated heterocycles. The molecule has 7 heteroatoms. The van der Waals surface area contributed by atoms with Crippen LogP contribution in [0.15, 0.2) is 47.6 Å². The zero-order valence-electron chi connectivity index (χ0n) is 12.7. The number of urea groups is 1. The standard InChI is InChI=1S/C16H16N4O3/c1-11-5-3-6-12(2)15(11)18-16(21)19-17-10-13-7-4-8-14(9-13)20(22)23/h3-10H,1-2H3,(H2,18,19,21)/b17-10+. The zero-order valence-corrected chi connectivity index (χ0v) is 12.7. The van der Waals surface area contributed by atoms with E-state index in [4.69, 9.17) is 0 Å². The Balaban J connectivity index is 1.99. The second-order valence-electron chi connectivity index (χ2n) is 4.94. The summed E-state index contributed by atoms with van der Waals surface area (Å²) in [5, 5.41) is 17.2. The van der Waals surface area contributed by atoms with Crippen molar-refractivity contribution in [3.8, 4) is 0 Å². The molecule has 0 atom stereocenters. The number of nitro groups is 1. The Kier molecular flexibility index (Phi) is 5.03. The van der Waals surface area contributed by atoms with Gasteiger partial charge in [0, 0.05) is 23.4 Å². The number of nitrogens with zero attached hydrogens (tertiary/aromatic N) is 2. The molecule has 0 fully saturated rings. The molecule has 0 heterocycles. The van der Waals surface area contributed by atoms with Crippen LogP contribution in [0.25, 0.3) is 0 Å². The zero-order chi connectivity index (χ0) is 16.8. The Labute approximate surface area is 133 Å². The highest BCUT2D eigenvalue weighted by Gasteiger charge is 2.06. The van der Waals surface area contributed by atoms with Crippen LogP contribution in [0.2, 0.25) is 0 Å². The van der Waals surface area contributed by atoms with Crippen molar-refractivity contribution < 1.29 is 9.72 Å². The minimum Gasteiger partial charge on any atom is -0.306 e. The fourth-order valence-electron chi connectivity index (χ4n) is 2.04. The number of hydrogen-bond acceptors (Lipinski definition) is 4. The Morgan fingerprint density at radius 2 is 1.83 bits per heavy atom. The van der Waals surface area contributed by atoms with Crippen LogP contribution in [-0.2, 0) is 0 Å². The maximum Gasteiger partial charge on any atom is 0.339 e. The van der Waals surface area contributed by atoms with Gasteiger partial charge in [-0.25, -0.2) is 10.2 Å². The molecule has 2 aromatic carbocycles. The van der Waals surface area contributed by atoms with Gasteiger partial charge in [0.15, 0.2) is 0 Å². The molecule has 118 valence electrons. The minimum atomic E-state index is -0.488. The third kappa shape index (κ3) is 4.37. The fraction of sp³-hybridized carbons (Fsp3) is 0.125. The number of benzene rings is 2. The summed E-state index contributed by atoms with van der Waals surface area (Å²) in [7, 11) is 0. The van der Waals surface area contributed by atoms with Crippen molar-refractivity contribution >= 4 is 23.6 Å². The molecule has 2 aromatic rings. The second-order valence-corrected chi connectivity index (χ2v) is 4.94. The molecule has 2 rings (SSSR count). The van der Waals surface area contributed by atoms with Gasteiger partial charge in [0.25, 0.3) is 5.69 Å². The first-order valence-electron chi connectivity index (χ1n) is 6.88. The lowest BCUT2D eigenvalue weighted by Crippen LogP contribution is -2.25. The maximum absolute atomic E-state index is 11.8. The average molecular weight is 312 g/mol. The highest BCUT2D eigenvalue weighted by Crippen LogP contribution is 2.19. The Morgan fingerprint density at radius 1 is 1.17 bits per heavy atom. The van der Waals surface area contributed by atoms with Crippen LogP contribution < -0.4 is 10.7 Å². The van der Waals surface area contributed by atoms with Crippen molar-refractivity contribution in [2.75, 3.05) is 5.32 Å². The highest BCUT2D eigenvalue weighted by molar-refractivity contribution is 5.91. The van der Waals surface area contributed by atoms with Crippen LogP contribution in [0.5, 0.6) is 0 Å². The number of hydrogen-bond donors (Lipinski definition) is 2. The fourth-order valence-corrected chi connectivity index (χ4v) is 2.04. The van der Waals surface area contributed by atoms with Crippen LogP contribution >= 0.6 is 0 Å². The lowest BCUT2D eigenvalue weighted by Gasteiger charge is -2.10. The van der Waals surface area contributed by atoms with Crippen molar-refractivity contribution in [2.24, 2.45) is 5.10 Å². The molecule has 2 amide bonds. The molecule has 0 aliphatic rings. The van der Waals surface area contributed by atoms with E-state index in [-0.39, 0.29) is 5.69 Å². The molecule has 0 unspecified atom stereocenters. The Morgan fingerprint density at radius 3 is 2.48 bits per heavy atom. The van der Waals surface area contributed by atoms with E-state index in [1.807, 2.05) is 32.0 Å². The molecule has 0 spiro atoms. The van der Waals surface area contributed by atoms with Crippen LogP contribution in [0, 0.1) is 24.0 Å². The number of aryl methyl sites for hydroxylation is 2. The number of non-ortho nitro benzene ring substituents is 1. The minimum absolute atomic E-state index is 0.0334. The number of nitro benzene ring substituents is 1. The predicted octanol–water partition coefficient (Wildman–Crippen LogP) is 3.37. The average Bonchev–Trinajstić information content (AvgIpc) is 2.51. The van der Waals surface area contributed by atoms with E-state index in [1.54, 1.807) is 12.1 Å². The molecular weight excluding hydrogens is 296 g/mol. The van der Waals surface area contributed by atoms with Gasteiger partial charge in [-0.3, -0.25) is 10.1 Å². The van der Waals surface area contributed by atoms with E-state index in [0.29, 0.717) is 5.56 Å². The summed E-state index contributed by atoms with van der Waals surface area (Å²) in [6.07, 6.45) is 1.34. The van der Waals surface area contributed by atoms with Gasteiger partial charge in [0.05, 0.1) is 11.1 Å². The number of hydrazone groups is 1. The second kappa shape index (κ2) is 7.17. The van der Waals surface area contributed by atoms with E-state index in [1.165, 1.54) is 18.3 Å². The van der Waals surface area contributed by atoms with Gasteiger partial charge in [-0.2, -0.15) is 5.10 Å². The summed E-state index contributed by atoms with van der Waals surface area (Å²) in [4.78, 5) is 22.0. The first-order chi connectivity index (χ1) is 11.0. The lowest BCUT2D eigenvalue weighted by molar-refractivity contribution is -0.384. The van der Waals surface area contributed by atoms with E-state index < -0.39 is 11.0 Å². The molecular formula is C16H16N4O3. The Hall–Kier alpha value is -3.22. The van der Waals surface area contributed by atoms with Crippen LogP contribution in [0.3, 0.4) is 0 Å². The molecule has 0 radical (unpaired) electrons. The normalized spacial score (nSPS) is 10.5. The van der Waals surface area contributed by atoms with E-state index in [0.717, 1.165) is 16.8 Å². The number of amides is 2. The molecule has 0 bridgehead atoms. The smallest absolute Gasteiger partial charge is 0.306 e. The van der Waals surface area contributed by atoms with Crippen molar-refractivity contribution in [3.05, 3.63) is 69.3 Å². The highest BCUT2D eigenvalue weighted by atomic mass is 16.6. The number of para-hydroxylation sites is 1. The number of carbonyl (C=O) groups is 1. The first kappa shape index (κ1) is 16.2. The van der Waals surface area contributed by atoms with E-state index >= 15 is 0 Å². The van der Waals surface area contributed by atoms with E-state index in [2.05, 4.69) is 15.8 Å². The molecule has 0 aliphatic heterocycles. The number of anilines is 1. The van der Waals surface area contributed by atoms with Gasteiger partial charge in [0.1, 0.15) is 0 Å². The SMILES string of the molecule is Cc1cccc(C)c1NC(=O)N/N=C/c1cccc([N+](=O)[O-])c1. The summed E-state index contributed by atoms with van der Waals surface area (Å²) in [6.45, 7) is 3.80. The molecule has 23 heavy (non-hydrogen) atoms. The van der Waals surface area contributed by atoms with Crippen molar-refractivity contribution in [3.63, 3.8) is 0 Å². The molecule has 0 saturated carbocycles. The number of rotatable bonds is 4. The number of carbonyl (C=O) groups excluding carboxylic acids is 1. The summed E-state index contributed by atoms with van der Waals surface area (Å²) in [5.74, 6) is 0. The van der Waals surface area contributed by atoms with Gasteiger partial charge < -0.3 is 5.32 Å². The van der Waals surface area contributed by atoms with Crippen molar-refractivity contribution in [1.29, 1.82) is 0 Å². The largest absolute Gasteiger partial charge is 0.339 e. The lowest BCUT2D eigenvalue weighted by atomic mass is 10.1. The number of nitrogens with one attached hydrogen (secondary N) is 2. The van der Waals surface area contributed by atoms with E-state index in [9.17, 15) is 14.9 Å². The van der Waals surface area contributed by atoms with Gasteiger partial charge in [-0.15, -0.1) is 0 Å². The molecule has 2 N–H and O–H groups in total. The maximum atomic E-state index is 11.8. The van der Waals surface area contributed by atoms with Crippen LogP contribution in [0.1, 0.15) is 16.7 Å². The molecule has 0 aliphatic carbocycles. The van der Waals surface area contributed by atoms with Gasteiger partial charge in [-0.1, -0.05) is 30.3 Å². The van der Waals surface area contributed by atoms with Crippen molar-refractivity contribution in [1.82, 2.24) is 5.43 Å². The third-order valence-electron chi connectivity index (χ3n) is 3.18. The topological polar surface area (TPSA) is 96.6 Å². The molecule has 7 nitrogen and oxygen atoms in total. The van der Waals surface area contributed by atoms with Crippen molar-refractivity contribution in [2.45, 2.75) is 13.8 Å².